The number of halogens is 2. The highest BCUT2D eigenvalue weighted by molar-refractivity contribution is 7.48. The molecule has 0 radical (unpaired) electrons. The van der Waals surface area contributed by atoms with Crippen molar-refractivity contribution in [2.45, 2.75) is 187 Å². The molecule has 0 aromatic heterocycles. The third-order valence-corrected chi connectivity index (χ3v) is 17.2. The predicted molar refractivity (Wildman–Crippen MR) is 272 cm³/mol. The lowest BCUT2D eigenvalue weighted by Crippen LogP contribution is -2.70. The summed E-state index contributed by atoms with van der Waals surface area (Å²) in [4.78, 5) is 52.7. The lowest BCUT2D eigenvalue weighted by molar-refractivity contribution is -0.234. The van der Waals surface area contributed by atoms with Crippen molar-refractivity contribution < 1.29 is 65.4 Å². The van der Waals surface area contributed by atoms with Gasteiger partial charge in [0.15, 0.2) is 29.1 Å². The molecule has 5 aliphatic rings. The monoisotopic (exact) mass is 1040 g/mol. The summed E-state index contributed by atoms with van der Waals surface area (Å²) < 4.78 is 85.0. The molecule has 402 valence electrons. The minimum Gasteiger partial charge on any atom is -0.444 e. The first-order valence-electron chi connectivity index (χ1n) is 25.8. The van der Waals surface area contributed by atoms with Crippen molar-refractivity contribution in [3.63, 3.8) is 0 Å². The quantitative estimate of drug-likeness (QED) is 0.101. The van der Waals surface area contributed by atoms with E-state index in [2.05, 4.69) is 10.6 Å². The van der Waals surface area contributed by atoms with Crippen molar-refractivity contribution in [2.75, 3.05) is 18.5 Å². The summed E-state index contributed by atoms with van der Waals surface area (Å²) in [6.45, 7) is 20.9. The largest absolute Gasteiger partial charge is 0.475 e. The molecule has 2 aromatic rings. The Balaban J connectivity index is 1.07. The summed E-state index contributed by atoms with van der Waals surface area (Å²) in [6.07, 6.45) is -0.233. The second-order valence-electron chi connectivity index (χ2n) is 24.2. The Kier molecular flexibility index (Phi) is 16.1. The number of aliphatic hydroxyl groups is 1. The Morgan fingerprint density at radius 3 is 2.23 bits per heavy atom. The van der Waals surface area contributed by atoms with E-state index in [9.17, 15) is 24.1 Å². The number of carbonyl (C=O) groups excluding carboxylic acids is 4. The number of ketones is 2. The Bertz CT molecular complexity index is 2500. The van der Waals surface area contributed by atoms with Gasteiger partial charge in [0.05, 0.1) is 30.0 Å². The molecule has 7 rings (SSSR count). The number of Topliss-reactive ketones (excluding diaryl/α,β-unsaturated/α-hetero) is 1. The average molecular weight is 1040 g/mol. The van der Waals surface area contributed by atoms with Gasteiger partial charge >= 0.3 is 13.9 Å². The lowest BCUT2D eigenvalue weighted by atomic mass is 9.44. The number of rotatable bonds is 17. The van der Waals surface area contributed by atoms with Gasteiger partial charge in [-0.1, -0.05) is 62.7 Å². The van der Waals surface area contributed by atoms with E-state index in [-0.39, 0.29) is 43.1 Å². The van der Waals surface area contributed by atoms with E-state index in [4.69, 9.17) is 27.8 Å². The molecular weight excluding hydrogens is 962 g/mol. The second kappa shape index (κ2) is 20.8. The Labute approximate surface area is 429 Å². The molecule has 0 bridgehead atoms. The molecule has 3 N–H and O–H groups in total. The fourth-order valence-corrected chi connectivity index (χ4v) is 13.8. The van der Waals surface area contributed by atoms with Crippen molar-refractivity contribution in [2.24, 2.45) is 28.6 Å². The highest BCUT2D eigenvalue weighted by atomic mass is 31.2. The van der Waals surface area contributed by atoms with E-state index in [1.54, 1.807) is 48.5 Å². The van der Waals surface area contributed by atoms with Gasteiger partial charge in [-0.25, -0.2) is 18.1 Å². The minimum absolute atomic E-state index is 0.00185. The number of alkyl carbamates (subject to hydrolysis) is 1. The van der Waals surface area contributed by atoms with Crippen molar-refractivity contribution in [3.8, 4) is 0 Å². The Hall–Kier alpha value is -4.15. The molecule has 17 heteroatoms. The van der Waals surface area contributed by atoms with Gasteiger partial charge in [0.25, 0.3) is 0 Å². The van der Waals surface area contributed by atoms with Crippen LogP contribution < -0.4 is 10.6 Å². The number of hydrogen-bond donors (Lipinski definition) is 3. The number of nitrogens with one attached hydrogen (secondary N) is 2. The van der Waals surface area contributed by atoms with Gasteiger partial charge < -0.3 is 30.0 Å². The normalized spacial score (nSPS) is 31.4. The molecule has 1 saturated heterocycles. The zero-order valence-corrected chi connectivity index (χ0v) is 45.5. The number of phosphoric acid groups is 1. The maximum atomic E-state index is 18.2. The topological polar surface area (TPSA) is 185 Å². The Morgan fingerprint density at radius 2 is 1.59 bits per heavy atom. The number of hydrogen-bond acceptors (Lipinski definition) is 12. The van der Waals surface area contributed by atoms with Crippen LogP contribution in [-0.4, -0.2) is 88.3 Å². The van der Waals surface area contributed by atoms with Crippen LogP contribution in [0.1, 0.15) is 151 Å². The molecule has 1 heterocycles. The van der Waals surface area contributed by atoms with Crippen LogP contribution in [0.25, 0.3) is 0 Å². The number of allylic oxidation sites excluding steroid dienone is 4. The van der Waals surface area contributed by atoms with Crippen LogP contribution in [0.15, 0.2) is 72.3 Å². The number of benzene rings is 2. The van der Waals surface area contributed by atoms with E-state index in [0.717, 1.165) is 23.6 Å². The standard InChI is InChI=1S/C56H77F2N2O12P/c1-34(16-13-14-26-59-49(65)70-50(2,3)4)47(64)60-38-18-15-17-36(29-38)28-35-19-21-37(22-20-35)48-68-46-32-40-41-31-43(57)42-30-39(61)23-25-53(42,11)55(41,58)45(63)33-54(40,12)56(46,69-48)44(62)24-27-67-73(66,71-51(5,6)7)72-52(8,9)10/h15,17-23,25,29-30,34,40-41,43,45-46,48,63H,13-14,16,24,26-28,31-33H2,1-12H3,(H,59,65)(H,60,64)/t34-,40-,41-,43-,45-,46+,48+,53-,54-,55-,56+/m0/s1. The van der Waals surface area contributed by atoms with E-state index in [1.807, 2.05) is 76.2 Å². The molecule has 2 amide bonds. The zero-order valence-electron chi connectivity index (χ0n) is 44.6. The Morgan fingerprint density at radius 1 is 0.918 bits per heavy atom. The van der Waals surface area contributed by atoms with Crippen LogP contribution in [0, 0.1) is 28.6 Å². The van der Waals surface area contributed by atoms with Gasteiger partial charge in [0.2, 0.25) is 5.91 Å². The van der Waals surface area contributed by atoms with E-state index in [1.165, 1.54) is 19.1 Å². The van der Waals surface area contributed by atoms with E-state index in [0.29, 0.717) is 37.1 Å². The molecule has 11 atom stereocenters. The van der Waals surface area contributed by atoms with Crippen LogP contribution >= 0.6 is 7.82 Å². The smallest absolute Gasteiger partial charge is 0.444 e. The molecule has 0 spiro atoms. The van der Waals surface area contributed by atoms with Crippen LogP contribution in [0.3, 0.4) is 0 Å². The number of amides is 2. The molecule has 4 fully saturated rings. The van der Waals surface area contributed by atoms with Crippen LogP contribution in [0.2, 0.25) is 0 Å². The average Bonchev–Trinajstić information content (AvgIpc) is 3.76. The van der Waals surface area contributed by atoms with Crippen molar-refractivity contribution in [3.05, 3.63) is 89.0 Å². The van der Waals surface area contributed by atoms with Gasteiger partial charge in [-0.15, -0.1) is 0 Å². The number of ether oxygens (including phenoxy) is 3. The summed E-state index contributed by atoms with van der Waals surface area (Å²) in [7, 11) is -4.24. The van der Waals surface area contributed by atoms with Crippen molar-refractivity contribution in [1.29, 1.82) is 0 Å². The number of unbranched alkanes of at least 4 members (excludes halogenated alkanes) is 1. The number of carbonyl (C=O) groups is 4. The summed E-state index contributed by atoms with van der Waals surface area (Å²) in [6, 6.07) is 15.2. The van der Waals surface area contributed by atoms with Gasteiger partial charge in [0, 0.05) is 46.9 Å². The molecule has 4 aliphatic carbocycles. The van der Waals surface area contributed by atoms with Crippen LogP contribution in [-0.2, 0) is 53.2 Å². The van der Waals surface area contributed by atoms with Gasteiger partial charge in [-0.3, -0.25) is 28.0 Å². The number of alkyl halides is 2. The minimum atomic E-state index is -4.24. The number of aliphatic hydroxyl groups excluding tert-OH is 1. The van der Waals surface area contributed by atoms with Crippen LogP contribution in [0.4, 0.5) is 19.3 Å². The molecule has 14 nitrogen and oxygen atoms in total. The van der Waals surface area contributed by atoms with Gasteiger partial charge in [-0.05, 0) is 155 Å². The van der Waals surface area contributed by atoms with Crippen molar-refractivity contribution in [1.82, 2.24) is 5.32 Å². The van der Waals surface area contributed by atoms with Crippen LogP contribution in [0.5, 0.6) is 0 Å². The fraction of sp³-hybridized carbons (Fsp3) is 0.643. The maximum absolute atomic E-state index is 18.2. The first-order valence-corrected chi connectivity index (χ1v) is 27.2. The summed E-state index contributed by atoms with van der Waals surface area (Å²) >= 11 is 0. The highest BCUT2D eigenvalue weighted by Crippen LogP contribution is 2.73. The second-order valence-corrected chi connectivity index (χ2v) is 25.7. The molecule has 0 unspecified atom stereocenters. The van der Waals surface area contributed by atoms with Crippen molar-refractivity contribution >= 4 is 37.1 Å². The summed E-state index contributed by atoms with van der Waals surface area (Å²) in [5.41, 5.74) is -6.36. The molecule has 73 heavy (non-hydrogen) atoms. The number of fused-ring (bicyclic) bond motifs is 7. The SMILES string of the molecule is C[C@@H](CCCCNC(=O)OC(C)(C)C)C(=O)Nc1cccc(Cc2ccc([C@@H]3O[C@@H]4C[C@H]5[C@@H]6C[C@H](F)C7=CC(=O)C=C[C@]7(C)[C@@]6(F)[C@@H](O)C[C@]5(C)[C@]4(C(=O)CCOP(=O)(OC(C)(C)C)OC(C)(C)C)O3)cc2)c1. The molecule has 3 saturated carbocycles. The summed E-state index contributed by atoms with van der Waals surface area (Å²) in [5.74, 6) is -3.07. The number of phosphoric ester groups is 1. The fourth-order valence-electron chi connectivity index (χ4n) is 12.0. The van der Waals surface area contributed by atoms with Gasteiger partial charge in [-0.2, -0.15) is 0 Å². The van der Waals surface area contributed by atoms with Gasteiger partial charge in [0.1, 0.15) is 11.8 Å². The lowest BCUT2D eigenvalue weighted by Gasteiger charge is -2.63. The van der Waals surface area contributed by atoms with E-state index < -0.39 is 107 Å². The third kappa shape index (κ3) is 11.8. The maximum Gasteiger partial charge on any atom is 0.475 e. The first kappa shape index (κ1) is 56.6. The predicted octanol–water partition coefficient (Wildman–Crippen LogP) is 11.3. The first-order chi connectivity index (χ1) is 33.8. The molecule has 2 aromatic carbocycles. The third-order valence-electron chi connectivity index (χ3n) is 15.2. The summed E-state index contributed by atoms with van der Waals surface area (Å²) in [5, 5.41) is 18.0. The van der Waals surface area contributed by atoms with E-state index >= 15 is 13.6 Å². The number of anilines is 1. The zero-order chi connectivity index (χ0) is 53.7. The molecule has 1 aliphatic heterocycles. The molecular formula is C56H77F2N2O12P. The highest BCUT2D eigenvalue weighted by Gasteiger charge is 2.80.